The number of rotatable bonds is 3. The molecule has 0 heterocycles. The van der Waals surface area contributed by atoms with Gasteiger partial charge in [0.2, 0.25) is 5.91 Å². The number of halogens is 2. The summed E-state index contributed by atoms with van der Waals surface area (Å²) in [5.41, 5.74) is 1.71. The Balaban J connectivity index is 1.83. The first kappa shape index (κ1) is 16.3. The number of sulfonamides is 1. The highest BCUT2D eigenvalue weighted by molar-refractivity contribution is 7.90. The predicted molar refractivity (Wildman–Crippen MR) is 89.3 cm³/mol. The Hall–Kier alpha value is -1.56. The number of nitrogens with one attached hydrogen (secondary N) is 1. The lowest BCUT2D eigenvalue weighted by atomic mass is 10.0. The van der Waals surface area contributed by atoms with Crippen molar-refractivity contribution >= 4 is 39.1 Å². The van der Waals surface area contributed by atoms with Crippen LogP contribution in [-0.2, 0) is 21.2 Å². The van der Waals surface area contributed by atoms with Crippen LogP contribution in [0.4, 0.5) is 0 Å². The summed E-state index contributed by atoms with van der Waals surface area (Å²) in [5, 5.41) is 1.04. The van der Waals surface area contributed by atoms with Crippen LogP contribution in [0.15, 0.2) is 47.4 Å². The van der Waals surface area contributed by atoms with Gasteiger partial charge in [0.1, 0.15) is 0 Å². The van der Waals surface area contributed by atoms with E-state index in [0.29, 0.717) is 22.9 Å². The van der Waals surface area contributed by atoms with Crippen LogP contribution in [-0.4, -0.2) is 14.3 Å². The summed E-state index contributed by atoms with van der Waals surface area (Å²) in [4.78, 5) is 12.4. The Morgan fingerprint density at radius 3 is 2.48 bits per heavy atom. The molecule has 2 aromatic rings. The van der Waals surface area contributed by atoms with E-state index in [0.717, 1.165) is 11.1 Å². The second-order valence-corrected chi connectivity index (χ2v) is 7.85. The van der Waals surface area contributed by atoms with Crippen molar-refractivity contribution in [2.75, 3.05) is 0 Å². The molecular formula is C16H13Cl2NO3S. The van der Waals surface area contributed by atoms with Gasteiger partial charge in [0, 0.05) is 10.0 Å². The fraction of sp³-hybridized carbons (Fsp3) is 0.188. The first-order chi connectivity index (χ1) is 10.9. The first-order valence-corrected chi connectivity index (χ1v) is 9.22. The van der Waals surface area contributed by atoms with Crippen LogP contribution in [0.25, 0.3) is 0 Å². The van der Waals surface area contributed by atoms with Gasteiger partial charge in [0.15, 0.2) is 0 Å². The van der Waals surface area contributed by atoms with Crippen LogP contribution in [0, 0.1) is 0 Å². The zero-order chi connectivity index (χ0) is 16.6. The Morgan fingerprint density at radius 1 is 1.09 bits per heavy atom. The Labute approximate surface area is 144 Å². The molecule has 4 nitrogen and oxygen atoms in total. The van der Waals surface area contributed by atoms with Gasteiger partial charge in [0.05, 0.1) is 10.8 Å². The number of hydrogen-bond acceptors (Lipinski definition) is 3. The van der Waals surface area contributed by atoms with Crippen LogP contribution in [0.2, 0.25) is 10.0 Å². The van der Waals surface area contributed by atoms with E-state index in [4.69, 9.17) is 23.2 Å². The summed E-state index contributed by atoms with van der Waals surface area (Å²) in [7, 11) is -3.92. The van der Waals surface area contributed by atoms with Gasteiger partial charge in [-0.2, -0.15) is 0 Å². The quantitative estimate of drug-likeness (QED) is 0.899. The minimum atomic E-state index is -3.92. The molecule has 120 valence electrons. The minimum absolute atomic E-state index is 0.000403. The van der Waals surface area contributed by atoms with Gasteiger partial charge in [-0.3, -0.25) is 4.79 Å². The van der Waals surface area contributed by atoms with Crippen molar-refractivity contribution in [3.05, 3.63) is 63.6 Å². The molecule has 0 saturated carbocycles. The van der Waals surface area contributed by atoms with E-state index in [1.807, 2.05) is 6.07 Å². The van der Waals surface area contributed by atoms with Gasteiger partial charge in [-0.1, -0.05) is 35.3 Å². The summed E-state index contributed by atoms with van der Waals surface area (Å²) < 4.78 is 26.7. The maximum absolute atomic E-state index is 12.4. The fourth-order valence-electron chi connectivity index (χ4n) is 2.76. The third-order valence-electron chi connectivity index (χ3n) is 3.89. The molecule has 1 atom stereocenters. The molecule has 0 aliphatic heterocycles. The Bertz CT molecular complexity index is 863. The molecule has 23 heavy (non-hydrogen) atoms. The van der Waals surface area contributed by atoms with Crippen LogP contribution < -0.4 is 4.72 Å². The van der Waals surface area contributed by atoms with Gasteiger partial charge in [-0.15, -0.1) is 0 Å². The van der Waals surface area contributed by atoms with E-state index >= 15 is 0 Å². The average molecular weight is 370 g/mol. The highest BCUT2D eigenvalue weighted by Crippen LogP contribution is 2.37. The van der Waals surface area contributed by atoms with Crippen molar-refractivity contribution in [3.63, 3.8) is 0 Å². The molecule has 2 aromatic carbocycles. The van der Waals surface area contributed by atoms with Gasteiger partial charge in [0.25, 0.3) is 10.0 Å². The Morgan fingerprint density at radius 2 is 1.78 bits per heavy atom. The smallest absolute Gasteiger partial charge is 0.264 e. The van der Waals surface area contributed by atoms with Crippen molar-refractivity contribution in [2.45, 2.75) is 23.7 Å². The van der Waals surface area contributed by atoms with Gasteiger partial charge < -0.3 is 0 Å². The fourth-order valence-corrected chi connectivity index (χ4v) is 4.18. The maximum atomic E-state index is 12.4. The number of carbonyl (C=O) groups is 1. The van der Waals surface area contributed by atoms with Crippen molar-refractivity contribution < 1.29 is 13.2 Å². The lowest BCUT2D eigenvalue weighted by Gasteiger charge is -2.13. The molecule has 0 saturated heterocycles. The summed E-state index contributed by atoms with van der Waals surface area (Å²) in [6.07, 6.45) is 1.20. The number of amides is 1. The highest BCUT2D eigenvalue weighted by Gasteiger charge is 2.32. The van der Waals surface area contributed by atoms with E-state index in [-0.39, 0.29) is 4.90 Å². The molecule has 1 aliphatic carbocycles. The van der Waals surface area contributed by atoms with E-state index in [2.05, 4.69) is 4.72 Å². The van der Waals surface area contributed by atoms with E-state index in [1.54, 1.807) is 12.1 Å². The maximum Gasteiger partial charge on any atom is 0.264 e. The molecule has 7 heteroatoms. The van der Waals surface area contributed by atoms with E-state index in [1.165, 1.54) is 24.3 Å². The number of carbonyl (C=O) groups excluding carboxylic acids is 1. The molecule has 1 N–H and O–H groups in total. The second-order valence-electron chi connectivity index (χ2n) is 5.32. The number of hydrogen-bond donors (Lipinski definition) is 1. The molecule has 1 aliphatic rings. The van der Waals surface area contributed by atoms with E-state index < -0.39 is 21.8 Å². The zero-order valence-electron chi connectivity index (χ0n) is 11.9. The second kappa shape index (κ2) is 6.15. The lowest BCUT2D eigenvalue weighted by Crippen LogP contribution is -2.34. The number of benzene rings is 2. The molecular weight excluding hydrogens is 357 g/mol. The van der Waals surface area contributed by atoms with Crippen molar-refractivity contribution in [3.8, 4) is 0 Å². The SMILES string of the molecule is O=C(NS(=O)(=O)c1ccc(Cl)cc1)C1CCc2c(Cl)cccc21. The average Bonchev–Trinajstić information content (AvgIpc) is 2.93. The van der Waals surface area contributed by atoms with Crippen LogP contribution in [0.5, 0.6) is 0 Å². The minimum Gasteiger partial charge on any atom is -0.273 e. The molecule has 0 fully saturated rings. The number of fused-ring (bicyclic) bond motifs is 1. The highest BCUT2D eigenvalue weighted by atomic mass is 35.5. The van der Waals surface area contributed by atoms with Crippen molar-refractivity contribution in [1.82, 2.24) is 4.72 Å². The zero-order valence-corrected chi connectivity index (χ0v) is 14.3. The summed E-state index contributed by atoms with van der Waals surface area (Å²) >= 11 is 11.9. The molecule has 3 rings (SSSR count). The first-order valence-electron chi connectivity index (χ1n) is 6.98. The van der Waals surface area contributed by atoms with Gasteiger partial charge in [-0.25, -0.2) is 13.1 Å². The molecule has 0 radical (unpaired) electrons. The summed E-state index contributed by atoms with van der Waals surface area (Å²) in [6.45, 7) is 0. The monoisotopic (exact) mass is 369 g/mol. The molecule has 1 amide bonds. The lowest BCUT2D eigenvalue weighted by molar-refractivity contribution is -0.120. The standard InChI is InChI=1S/C16H13Cl2NO3S/c17-10-4-6-11(7-5-10)23(21,22)19-16(20)14-9-8-13-12(14)2-1-3-15(13)18/h1-7,14H,8-9H2,(H,19,20). The van der Waals surface area contributed by atoms with E-state index in [9.17, 15) is 13.2 Å². The normalized spacial score (nSPS) is 16.9. The van der Waals surface area contributed by atoms with Gasteiger partial charge >= 0.3 is 0 Å². The largest absolute Gasteiger partial charge is 0.273 e. The van der Waals surface area contributed by atoms with Crippen LogP contribution in [0.3, 0.4) is 0 Å². The van der Waals surface area contributed by atoms with Gasteiger partial charge in [-0.05, 0) is 54.3 Å². The Kier molecular flexibility index (Phi) is 4.36. The molecule has 1 unspecified atom stereocenters. The van der Waals surface area contributed by atoms with Crippen molar-refractivity contribution in [1.29, 1.82) is 0 Å². The topological polar surface area (TPSA) is 63.2 Å². The third kappa shape index (κ3) is 3.22. The third-order valence-corrected chi connectivity index (χ3v) is 5.86. The van der Waals surface area contributed by atoms with Crippen LogP contribution in [0.1, 0.15) is 23.5 Å². The predicted octanol–water partition coefficient (Wildman–Crippen LogP) is 3.53. The van der Waals surface area contributed by atoms with Crippen molar-refractivity contribution in [2.24, 2.45) is 0 Å². The molecule has 0 bridgehead atoms. The molecule has 0 spiro atoms. The summed E-state index contributed by atoms with van der Waals surface area (Å²) in [5.74, 6) is -1.05. The summed E-state index contributed by atoms with van der Waals surface area (Å²) in [6, 6.07) is 11.0. The van der Waals surface area contributed by atoms with Crippen LogP contribution >= 0.6 is 23.2 Å². The molecule has 0 aromatic heterocycles.